The van der Waals surface area contributed by atoms with E-state index in [1.807, 2.05) is 0 Å². The van der Waals surface area contributed by atoms with Crippen LogP contribution in [0.1, 0.15) is 43.5 Å². The number of rotatable bonds is 8. The van der Waals surface area contributed by atoms with Crippen molar-refractivity contribution < 1.29 is 19.1 Å². The molecule has 0 aliphatic carbocycles. The largest absolute Gasteiger partial charge is 0.465 e. The molecule has 23 heavy (non-hydrogen) atoms. The highest BCUT2D eigenvalue weighted by Crippen LogP contribution is 2.11. The maximum Gasteiger partial charge on any atom is 0.337 e. The van der Waals surface area contributed by atoms with Crippen molar-refractivity contribution in [2.45, 2.75) is 33.1 Å². The number of esters is 1. The summed E-state index contributed by atoms with van der Waals surface area (Å²) in [7, 11) is 1.30. The van der Waals surface area contributed by atoms with Gasteiger partial charge in [0.1, 0.15) is 0 Å². The number of carbonyl (C=O) groups excluding carboxylic acids is 3. The van der Waals surface area contributed by atoms with E-state index >= 15 is 0 Å². The van der Waals surface area contributed by atoms with E-state index in [4.69, 9.17) is 0 Å². The topological polar surface area (TPSA) is 75.7 Å². The first-order valence-electron chi connectivity index (χ1n) is 7.71. The number of unbranched alkanes of at least 4 members (excludes halogenated alkanes) is 2. The van der Waals surface area contributed by atoms with E-state index in [9.17, 15) is 14.4 Å². The van der Waals surface area contributed by atoms with Gasteiger partial charge in [0, 0.05) is 19.2 Å². The smallest absolute Gasteiger partial charge is 0.337 e. The monoisotopic (exact) mass is 320 g/mol. The van der Waals surface area contributed by atoms with Crippen LogP contribution in [0.5, 0.6) is 0 Å². The SMILES string of the molecule is CCCCCN(CC(=O)Nc1cccc(C(=O)OC)c1)C(C)=O. The number of amides is 2. The Hall–Kier alpha value is -2.37. The van der Waals surface area contributed by atoms with Crippen LogP contribution in [0.4, 0.5) is 5.69 Å². The number of methoxy groups -OCH3 is 1. The average Bonchev–Trinajstić information content (AvgIpc) is 2.53. The Morgan fingerprint density at radius 2 is 1.96 bits per heavy atom. The van der Waals surface area contributed by atoms with Gasteiger partial charge in [0.15, 0.2) is 0 Å². The summed E-state index contributed by atoms with van der Waals surface area (Å²) in [5.74, 6) is -0.885. The van der Waals surface area contributed by atoms with Gasteiger partial charge in [-0.3, -0.25) is 9.59 Å². The number of nitrogens with zero attached hydrogens (tertiary/aromatic N) is 1. The van der Waals surface area contributed by atoms with Gasteiger partial charge in [-0.25, -0.2) is 4.79 Å². The highest BCUT2D eigenvalue weighted by molar-refractivity contribution is 5.96. The molecule has 0 aromatic heterocycles. The molecule has 0 bridgehead atoms. The maximum atomic E-state index is 12.1. The third kappa shape index (κ3) is 6.50. The van der Waals surface area contributed by atoms with Crippen molar-refractivity contribution in [3.8, 4) is 0 Å². The zero-order valence-electron chi connectivity index (χ0n) is 13.9. The summed E-state index contributed by atoms with van der Waals surface area (Å²) in [4.78, 5) is 36.7. The third-order valence-electron chi connectivity index (χ3n) is 3.38. The number of hydrogen-bond acceptors (Lipinski definition) is 4. The maximum absolute atomic E-state index is 12.1. The Labute approximate surface area is 136 Å². The molecule has 0 saturated heterocycles. The first-order chi connectivity index (χ1) is 11.0. The van der Waals surface area contributed by atoms with Crippen LogP contribution in [0.25, 0.3) is 0 Å². The molecule has 0 spiro atoms. The van der Waals surface area contributed by atoms with Crippen LogP contribution in [0.3, 0.4) is 0 Å². The summed E-state index contributed by atoms with van der Waals surface area (Å²) in [6, 6.07) is 6.48. The number of hydrogen-bond donors (Lipinski definition) is 1. The standard InChI is InChI=1S/C17H24N2O4/c1-4-5-6-10-19(13(2)20)12-16(21)18-15-9-7-8-14(11-15)17(22)23-3/h7-9,11H,4-6,10,12H2,1-3H3,(H,18,21). The fourth-order valence-corrected chi connectivity index (χ4v) is 2.12. The molecule has 0 unspecified atom stereocenters. The van der Waals surface area contributed by atoms with Crippen molar-refractivity contribution in [1.29, 1.82) is 0 Å². The Bertz CT molecular complexity index is 557. The molecule has 0 fully saturated rings. The first-order valence-corrected chi connectivity index (χ1v) is 7.71. The number of nitrogens with one attached hydrogen (secondary N) is 1. The lowest BCUT2D eigenvalue weighted by Crippen LogP contribution is -2.37. The highest BCUT2D eigenvalue weighted by atomic mass is 16.5. The van der Waals surface area contributed by atoms with Gasteiger partial charge in [0.05, 0.1) is 19.2 Å². The van der Waals surface area contributed by atoms with E-state index < -0.39 is 5.97 Å². The molecular weight excluding hydrogens is 296 g/mol. The molecule has 6 nitrogen and oxygen atoms in total. The van der Waals surface area contributed by atoms with Crippen molar-refractivity contribution >= 4 is 23.5 Å². The zero-order valence-corrected chi connectivity index (χ0v) is 13.9. The summed E-state index contributed by atoms with van der Waals surface area (Å²) in [5, 5.41) is 2.70. The van der Waals surface area contributed by atoms with Crippen molar-refractivity contribution in [3.63, 3.8) is 0 Å². The second-order valence-corrected chi connectivity index (χ2v) is 5.27. The van der Waals surface area contributed by atoms with Crippen LogP contribution in [0, 0.1) is 0 Å². The second-order valence-electron chi connectivity index (χ2n) is 5.27. The molecule has 0 aliphatic rings. The summed E-state index contributed by atoms with van der Waals surface area (Å²) < 4.78 is 4.64. The predicted octanol–water partition coefficient (Wildman–Crippen LogP) is 2.45. The summed E-state index contributed by atoms with van der Waals surface area (Å²) in [6.45, 7) is 4.11. The van der Waals surface area contributed by atoms with E-state index in [0.29, 0.717) is 17.8 Å². The van der Waals surface area contributed by atoms with E-state index in [1.54, 1.807) is 24.3 Å². The van der Waals surface area contributed by atoms with E-state index in [0.717, 1.165) is 19.3 Å². The van der Waals surface area contributed by atoms with Crippen LogP contribution in [0.15, 0.2) is 24.3 Å². The van der Waals surface area contributed by atoms with Gasteiger partial charge in [-0.05, 0) is 24.6 Å². The molecule has 0 heterocycles. The predicted molar refractivity (Wildman–Crippen MR) is 88.2 cm³/mol. The molecule has 1 N–H and O–H groups in total. The van der Waals surface area contributed by atoms with Crippen LogP contribution in [-0.2, 0) is 14.3 Å². The molecular formula is C17H24N2O4. The van der Waals surface area contributed by atoms with Crippen molar-refractivity contribution in [2.75, 3.05) is 25.5 Å². The van der Waals surface area contributed by atoms with Gasteiger partial charge in [-0.2, -0.15) is 0 Å². The number of carbonyl (C=O) groups is 3. The van der Waals surface area contributed by atoms with Gasteiger partial charge < -0.3 is 15.0 Å². The van der Waals surface area contributed by atoms with Crippen molar-refractivity contribution in [1.82, 2.24) is 4.90 Å². The molecule has 1 aromatic rings. The van der Waals surface area contributed by atoms with Gasteiger partial charge in [0.25, 0.3) is 0 Å². The molecule has 0 atom stereocenters. The second kappa shape index (κ2) is 9.61. The lowest BCUT2D eigenvalue weighted by Gasteiger charge is -2.20. The summed E-state index contributed by atoms with van der Waals surface area (Å²) >= 11 is 0. The van der Waals surface area contributed by atoms with Crippen LogP contribution in [-0.4, -0.2) is 42.9 Å². The molecule has 1 aromatic carbocycles. The quantitative estimate of drug-likeness (QED) is 0.589. The number of benzene rings is 1. The number of ether oxygens (including phenoxy) is 1. The minimum Gasteiger partial charge on any atom is -0.465 e. The highest BCUT2D eigenvalue weighted by Gasteiger charge is 2.14. The fraction of sp³-hybridized carbons (Fsp3) is 0.471. The Kier molecular flexibility index (Phi) is 7.80. The molecule has 0 radical (unpaired) electrons. The van der Waals surface area contributed by atoms with Crippen LogP contribution in [0.2, 0.25) is 0 Å². The van der Waals surface area contributed by atoms with Crippen LogP contribution >= 0.6 is 0 Å². The minimum atomic E-state index is -0.467. The molecule has 0 saturated carbocycles. The molecule has 1 rings (SSSR count). The normalized spacial score (nSPS) is 10.0. The van der Waals surface area contributed by atoms with Crippen molar-refractivity contribution in [3.05, 3.63) is 29.8 Å². The van der Waals surface area contributed by atoms with Gasteiger partial charge in [-0.15, -0.1) is 0 Å². The zero-order chi connectivity index (χ0) is 17.2. The van der Waals surface area contributed by atoms with E-state index in [1.165, 1.54) is 18.9 Å². The van der Waals surface area contributed by atoms with Gasteiger partial charge >= 0.3 is 5.97 Å². The Morgan fingerprint density at radius 3 is 2.57 bits per heavy atom. The summed E-state index contributed by atoms with van der Waals surface area (Å²) in [6.07, 6.45) is 2.95. The van der Waals surface area contributed by atoms with Crippen molar-refractivity contribution in [2.24, 2.45) is 0 Å². The lowest BCUT2D eigenvalue weighted by molar-refractivity contribution is -0.132. The van der Waals surface area contributed by atoms with E-state index in [-0.39, 0.29) is 18.4 Å². The lowest BCUT2D eigenvalue weighted by atomic mass is 10.2. The molecule has 2 amide bonds. The fourth-order valence-electron chi connectivity index (χ4n) is 2.12. The first kappa shape index (κ1) is 18.7. The van der Waals surface area contributed by atoms with Gasteiger partial charge in [0.2, 0.25) is 11.8 Å². The summed E-state index contributed by atoms with van der Waals surface area (Å²) in [5.41, 5.74) is 0.853. The molecule has 126 valence electrons. The Morgan fingerprint density at radius 1 is 1.22 bits per heavy atom. The van der Waals surface area contributed by atoms with E-state index in [2.05, 4.69) is 17.0 Å². The third-order valence-corrected chi connectivity index (χ3v) is 3.38. The minimum absolute atomic E-state index is 0.00149. The average molecular weight is 320 g/mol. The van der Waals surface area contributed by atoms with Gasteiger partial charge in [-0.1, -0.05) is 25.8 Å². The molecule has 0 aliphatic heterocycles. The number of anilines is 1. The Balaban J connectivity index is 2.63. The molecule has 6 heteroatoms. The van der Waals surface area contributed by atoms with Crippen LogP contribution < -0.4 is 5.32 Å².